The van der Waals surface area contributed by atoms with Gasteiger partial charge < -0.3 is 10.1 Å². The van der Waals surface area contributed by atoms with Crippen LogP contribution in [0.15, 0.2) is 35.8 Å². The van der Waals surface area contributed by atoms with E-state index in [9.17, 15) is 0 Å². The molecule has 0 saturated heterocycles. The molecule has 0 aliphatic heterocycles. The third-order valence-electron chi connectivity index (χ3n) is 1.89. The predicted molar refractivity (Wildman–Crippen MR) is 61.4 cm³/mol. The molecule has 4 heteroatoms. The topological polar surface area (TPSA) is 34.1 Å². The molecule has 2 rings (SSSR count). The molecule has 78 valence electrons. The molecule has 0 aliphatic rings. The maximum atomic E-state index is 5.58. The number of nitrogens with zero attached hydrogens (tertiary/aromatic N) is 1. The van der Waals surface area contributed by atoms with Crippen molar-refractivity contribution in [2.75, 3.05) is 7.05 Å². The third-order valence-corrected chi connectivity index (χ3v) is 2.54. The number of hydrogen-bond donors (Lipinski definition) is 1. The molecule has 0 atom stereocenters. The minimum absolute atomic E-state index is 0.677. The molecule has 2 aromatic rings. The van der Waals surface area contributed by atoms with E-state index >= 15 is 0 Å². The molecule has 1 N–H and O–H groups in total. The number of hydrogen-bond acceptors (Lipinski definition) is 4. The number of ether oxygens (including phenoxy) is 1. The van der Waals surface area contributed by atoms with Gasteiger partial charge in [0.05, 0.1) is 0 Å². The first-order chi connectivity index (χ1) is 7.38. The Hall–Kier alpha value is -1.39. The van der Waals surface area contributed by atoms with Gasteiger partial charge in [-0.3, -0.25) is 0 Å². The van der Waals surface area contributed by atoms with Crippen molar-refractivity contribution in [2.45, 2.75) is 6.54 Å². The Labute approximate surface area is 92.7 Å². The van der Waals surface area contributed by atoms with E-state index in [-0.39, 0.29) is 0 Å². The van der Waals surface area contributed by atoms with Crippen LogP contribution in [0.2, 0.25) is 0 Å². The smallest absolute Gasteiger partial charge is 0.278 e. The van der Waals surface area contributed by atoms with Crippen molar-refractivity contribution in [3.63, 3.8) is 0 Å². The first-order valence-electron chi connectivity index (χ1n) is 4.69. The lowest BCUT2D eigenvalue weighted by Gasteiger charge is -2.04. The SMILES string of the molecule is CNCc1cccc(Oc2nccs2)c1. The quantitative estimate of drug-likeness (QED) is 0.860. The van der Waals surface area contributed by atoms with E-state index in [0.29, 0.717) is 5.19 Å². The Morgan fingerprint density at radius 1 is 1.47 bits per heavy atom. The predicted octanol–water partition coefficient (Wildman–Crippen LogP) is 2.65. The second-order valence-corrected chi connectivity index (χ2v) is 3.93. The maximum absolute atomic E-state index is 5.58. The highest BCUT2D eigenvalue weighted by atomic mass is 32.1. The fourth-order valence-corrected chi connectivity index (χ4v) is 1.79. The third kappa shape index (κ3) is 2.78. The van der Waals surface area contributed by atoms with E-state index in [1.54, 1.807) is 6.20 Å². The van der Waals surface area contributed by atoms with Crippen LogP contribution in [0.25, 0.3) is 0 Å². The number of nitrogens with one attached hydrogen (secondary N) is 1. The largest absolute Gasteiger partial charge is 0.431 e. The van der Waals surface area contributed by atoms with Gasteiger partial charge in [0.1, 0.15) is 5.75 Å². The van der Waals surface area contributed by atoms with Crippen LogP contribution in [-0.4, -0.2) is 12.0 Å². The van der Waals surface area contributed by atoms with Gasteiger partial charge in [0.15, 0.2) is 0 Å². The van der Waals surface area contributed by atoms with Crippen LogP contribution in [0, 0.1) is 0 Å². The van der Waals surface area contributed by atoms with Crippen molar-refractivity contribution in [3.05, 3.63) is 41.4 Å². The highest BCUT2D eigenvalue weighted by Gasteiger charge is 1.99. The molecule has 3 nitrogen and oxygen atoms in total. The van der Waals surface area contributed by atoms with Gasteiger partial charge >= 0.3 is 0 Å². The van der Waals surface area contributed by atoms with Crippen LogP contribution in [0.4, 0.5) is 0 Å². The lowest BCUT2D eigenvalue weighted by atomic mass is 10.2. The zero-order valence-corrected chi connectivity index (χ0v) is 9.25. The molecule has 0 radical (unpaired) electrons. The maximum Gasteiger partial charge on any atom is 0.278 e. The molecule has 1 heterocycles. The van der Waals surface area contributed by atoms with E-state index in [4.69, 9.17) is 4.74 Å². The summed E-state index contributed by atoms with van der Waals surface area (Å²) in [6.45, 7) is 0.842. The van der Waals surface area contributed by atoms with E-state index in [2.05, 4.69) is 16.4 Å². The second kappa shape index (κ2) is 4.91. The van der Waals surface area contributed by atoms with Gasteiger partial charge in [0.2, 0.25) is 0 Å². The molecule has 0 spiro atoms. The average Bonchev–Trinajstić information content (AvgIpc) is 2.71. The number of rotatable bonds is 4. The highest BCUT2D eigenvalue weighted by molar-refractivity contribution is 7.11. The van der Waals surface area contributed by atoms with Crippen molar-refractivity contribution in [2.24, 2.45) is 0 Å². The summed E-state index contributed by atoms with van der Waals surface area (Å²) in [5, 5.41) is 5.67. The van der Waals surface area contributed by atoms with Gasteiger partial charge in [-0.1, -0.05) is 23.5 Å². The van der Waals surface area contributed by atoms with Gasteiger partial charge in [0, 0.05) is 18.1 Å². The molecule has 0 aliphatic carbocycles. The van der Waals surface area contributed by atoms with E-state index in [0.717, 1.165) is 12.3 Å². The zero-order chi connectivity index (χ0) is 10.5. The van der Waals surface area contributed by atoms with Crippen LogP contribution in [0.1, 0.15) is 5.56 Å². The van der Waals surface area contributed by atoms with Crippen LogP contribution in [-0.2, 0) is 6.54 Å². The van der Waals surface area contributed by atoms with E-state index < -0.39 is 0 Å². The van der Waals surface area contributed by atoms with Gasteiger partial charge in [-0.25, -0.2) is 4.98 Å². The second-order valence-electron chi connectivity index (χ2n) is 3.08. The molecular formula is C11H12N2OS. The summed E-state index contributed by atoms with van der Waals surface area (Å²) >= 11 is 1.49. The van der Waals surface area contributed by atoms with Crippen molar-refractivity contribution in [1.29, 1.82) is 0 Å². The molecule has 0 fully saturated rings. The monoisotopic (exact) mass is 220 g/mol. The Kier molecular flexibility index (Phi) is 3.32. The number of benzene rings is 1. The average molecular weight is 220 g/mol. The van der Waals surface area contributed by atoms with Gasteiger partial charge in [-0.2, -0.15) is 0 Å². The number of thiazole rings is 1. The van der Waals surface area contributed by atoms with Crippen molar-refractivity contribution in [3.8, 4) is 10.9 Å². The molecule has 0 unspecified atom stereocenters. The van der Waals surface area contributed by atoms with Crippen LogP contribution in [0.5, 0.6) is 10.9 Å². The summed E-state index contributed by atoms with van der Waals surface area (Å²) < 4.78 is 5.58. The fourth-order valence-electron chi connectivity index (χ4n) is 1.28. The van der Waals surface area contributed by atoms with E-state index in [1.165, 1.54) is 16.9 Å². The molecule has 0 saturated carbocycles. The minimum atomic E-state index is 0.677. The van der Waals surface area contributed by atoms with Crippen molar-refractivity contribution in [1.82, 2.24) is 10.3 Å². The van der Waals surface area contributed by atoms with Gasteiger partial charge in [-0.05, 0) is 24.7 Å². The molecule has 0 amide bonds. The van der Waals surface area contributed by atoms with Crippen LogP contribution < -0.4 is 10.1 Å². The van der Waals surface area contributed by atoms with Crippen molar-refractivity contribution < 1.29 is 4.74 Å². The number of aromatic nitrogens is 1. The molecule has 0 bridgehead atoms. The first kappa shape index (κ1) is 10.1. The Balaban J connectivity index is 2.11. The lowest BCUT2D eigenvalue weighted by Crippen LogP contribution is -2.04. The Morgan fingerprint density at radius 2 is 2.40 bits per heavy atom. The van der Waals surface area contributed by atoms with Crippen molar-refractivity contribution >= 4 is 11.3 Å². The lowest BCUT2D eigenvalue weighted by molar-refractivity contribution is 0.478. The molecule has 15 heavy (non-hydrogen) atoms. The zero-order valence-electron chi connectivity index (χ0n) is 8.43. The summed E-state index contributed by atoms with van der Waals surface area (Å²) in [4.78, 5) is 4.07. The Morgan fingerprint density at radius 3 is 3.13 bits per heavy atom. The summed E-state index contributed by atoms with van der Waals surface area (Å²) in [6, 6.07) is 7.99. The molecule has 1 aromatic heterocycles. The first-order valence-corrected chi connectivity index (χ1v) is 5.57. The Bertz CT molecular complexity index is 414. The summed E-state index contributed by atoms with van der Waals surface area (Å²) in [5.41, 5.74) is 1.20. The molecular weight excluding hydrogens is 208 g/mol. The van der Waals surface area contributed by atoms with Crippen LogP contribution >= 0.6 is 11.3 Å². The minimum Gasteiger partial charge on any atom is -0.431 e. The molecule has 1 aromatic carbocycles. The summed E-state index contributed by atoms with van der Waals surface area (Å²) in [5.74, 6) is 0.831. The van der Waals surface area contributed by atoms with E-state index in [1.807, 2.05) is 30.6 Å². The van der Waals surface area contributed by atoms with Gasteiger partial charge in [-0.15, -0.1) is 0 Å². The fraction of sp³-hybridized carbons (Fsp3) is 0.182. The standard InChI is InChI=1S/C11H12N2OS/c1-12-8-9-3-2-4-10(7-9)14-11-13-5-6-15-11/h2-7,12H,8H2,1H3. The van der Waals surface area contributed by atoms with Crippen LogP contribution in [0.3, 0.4) is 0 Å². The normalized spacial score (nSPS) is 10.2. The summed E-state index contributed by atoms with van der Waals surface area (Å²) in [6.07, 6.45) is 1.73. The highest BCUT2D eigenvalue weighted by Crippen LogP contribution is 2.23. The summed E-state index contributed by atoms with van der Waals surface area (Å²) in [7, 11) is 1.92. The van der Waals surface area contributed by atoms with Gasteiger partial charge in [0.25, 0.3) is 5.19 Å².